The number of hydrogen-bond acceptors (Lipinski definition) is 2. The first-order valence-corrected chi connectivity index (χ1v) is 7.53. The summed E-state index contributed by atoms with van der Waals surface area (Å²) in [7, 11) is 1.71. The smallest absolute Gasteiger partial charge is 0.118 e. The largest absolute Gasteiger partial charge is 0.497 e. The maximum absolute atomic E-state index is 5.21. The molecule has 0 radical (unpaired) electrons. The van der Waals surface area contributed by atoms with Crippen LogP contribution in [0.1, 0.15) is 39.2 Å². The summed E-state index contributed by atoms with van der Waals surface area (Å²) < 4.78 is 5.21. The molecule has 2 unspecified atom stereocenters. The van der Waals surface area contributed by atoms with Crippen LogP contribution in [0.3, 0.4) is 0 Å². The van der Waals surface area contributed by atoms with Gasteiger partial charge in [0.1, 0.15) is 5.75 Å². The van der Waals surface area contributed by atoms with Crippen LogP contribution in [0.5, 0.6) is 5.75 Å². The third-order valence-electron chi connectivity index (χ3n) is 3.80. The van der Waals surface area contributed by atoms with Crippen LogP contribution in [-0.2, 0) is 6.42 Å². The molecule has 0 heterocycles. The fourth-order valence-electron chi connectivity index (χ4n) is 2.42. The highest BCUT2D eigenvalue weighted by molar-refractivity contribution is 5.27. The van der Waals surface area contributed by atoms with E-state index < -0.39 is 0 Å². The van der Waals surface area contributed by atoms with Crippen LogP contribution >= 0.6 is 0 Å². The minimum atomic E-state index is 0.725. The first-order chi connectivity index (χ1) is 9.19. The zero-order valence-corrected chi connectivity index (χ0v) is 12.9. The Hall–Kier alpha value is -1.02. The number of ether oxygens (including phenoxy) is 1. The highest BCUT2D eigenvalue weighted by atomic mass is 16.5. The summed E-state index contributed by atoms with van der Waals surface area (Å²) in [6, 6.07) is 8.49. The summed E-state index contributed by atoms with van der Waals surface area (Å²) in [6.07, 6.45) is 3.72. The van der Waals surface area contributed by atoms with Crippen molar-refractivity contribution in [3.05, 3.63) is 29.8 Å². The highest BCUT2D eigenvalue weighted by Gasteiger charge is 2.13. The normalized spacial score (nSPS) is 14.1. The zero-order valence-electron chi connectivity index (χ0n) is 12.9. The Morgan fingerprint density at radius 2 is 1.84 bits per heavy atom. The predicted octanol–water partition coefficient (Wildman–Crippen LogP) is 3.90. The van der Waals surface area contributed by atoms with Crippen LogP contribution in [-0.4, -0.2) is 20.2 Å². The van der Waals surface area contributed by atoms with Gasteiger partial charge < -0.3 is 10.1 Å². The molecule has 2 nitrogen and oxygen atoms in total. The minimum Gasteiger partial charge on any atom is -0.497 e. The summed E-state index contributed by atoms with van der Waals surface area (Å²) in [5, 5.41) is 3.50. The molecule has 0 aliphatic carbocycles. The molecule has 0 aliphatic rings. The van der Waals surface area contributed by atoms with Crippen molar-refractivity contribution in [1.82, 2.24) is 5.32 Å². The van der Waals surface area contributed by atoms with Crippen molar-refractivity contribution in [2.45, 2.75) is 40.0 Å². The molecule has 0 amide bonds. The lowest BCUT2D eigenvalue weighted by Gasteiger charge is -2.21. The molecule has 0 fully saturated rings. The van der Waals surface area contributed by atoms with Crippen molar-refractivity contribution in [1.29, 1.82) is 0 Å². The molecule has 0 aliphatic heterocycles. The molecular formula is C17H29NO. The molecule has 108 valence electrons. The third-order valence-corrected chi connectivity index (χ3v) is 3.80. The van der Waals surface area contributed by atoms with Crippen LogP contribution in [0.4, 0.5) is 0 Å². The van der Waals surface area contributed by atoms with Crippen molar-refractivity contribution >= 4 is 0 Å². The summed E-state index contributed by atoms with van der Waals surface area (Å²) in [5.41, 5.74) is 1.41. The van der Waals surface area contributed by atoms with E-state index in [1.807, 2.05) is 0 Å². The molecule has 0 saturated heterocycles. The van der Waals surface area contributed by atoms with Gasteiger partial charge in [0.2, 0.25) is 0 Å². The fraction of sp³-hybridized carbons (Fsp3) is 0.647. The van der Waals surface area contributed by atoms with Gasteiger partial charge in [-0.3, -0.25) is 0 Å². The fourth-order valence-corrected chi connectivity index (χ4v) is 2.42. The molecule has 0 spiro atoms. The first-order valence-electron chi connectivity index (χ1n) is 7.53. The molecule has 0 aromatic heterocycles. The van der Waals surface area contributed by atoms with E-state index in [2.05, 4.69) is 50.4 Å². The topological polar surface area (TPSA) is 21.3 Å². The lowest BCUT2D eigenvalue weighted by atomic mass is 9.89. The Labute approximate surface area is 118 Å². The van der Waals surface area contributed by atoms with Gasteiger partial charge >= 0.3 is 0 Å². The second-order valence-electron chi connectivity index (χ2n) is 5.48. The van der Waals surface area contributed by atoms with E-state index in [0.717, 1.165) is 37.1 Å². The van der Waals surface area contributed by atoms with Gasteiger partial charge in [0, 0.05) is 0 Å². The van der Waals surface area contributed by atoms with E-state index in [9.17, 15) is 0 Å². The van der Waals surface area contributed by atoms with E-state index in [1.54, 1.807) is 7.11 Å². The minimum absolute atomic E-state index is 0.725. The molecule has 2 heteroatoms. The van der Waals surface area contributed by atoms with E-state index in [1.165, 1.54) is 18.4 Å². The van der Waals surface area contributed by atoms with Crippen molar-refractivity contribution in [3.8, 4) is 5.75 Å². The average Bonchev–Trinajstić information content (AvgIpc) is 2.45. The van der Waals surface area contributed by atoms with E-state index in [0.29, 0.717) is 0 Å². The maximum atomic E-state index is 5.21. The Balaban J connectivity index is 2.58. The van der Waals surface area contributed by atoms with Gasteiger partial charge in [-0.15, -0.1) is 0 Å². The molecule has 0 saturated carbocycles. The molecule has 0 bridgehead atoms. The van der Waals surface area contributed by atoms with Crippen molar-refractivity contribution in [3.63, 3.8) is 0 Å². The van der Waals surface area contributed by atoms with E-state index in [4.69, 9.17) is 4.74 Å². The third kappa shape index (κ3) is 6.11. The number of methoxy groups -OCH3 is 1. The predicted molar refractivity (Wildman–Crippen MR) is 82.8 cm³/mol. The molecular weight excluding hydrogens is 234 g/mol. The van der Waals surface area contributed by atoms with Crippen molar-refractivity contribution in [2.24, 2.45) is 11.8 Å². The summed E-state index contributed by atoms with van der Waals surface area (Å²) >= 11 is 0. The van der Waals surface area contributed by atoms with Crippen LogP contribution < -0.4 is 10.1 Å². The number of hydrogen-bond donors (Lipinski definition) is 1. The molecule has 1 rings (SSSR count). The van der Waals surface area contributed by atoms with Crippen LogP contribution in [0.2, 0.25) is 0 Å². The monoisotopic (exact) mass is 263 g/mol. The van der Waals surface area contributed by atoms with Gasteiger partial charge in [0.25, 0.3) is 0 Å². The van der Waals surface area contributed by atoms with Gasteiger partial charge in [-0.1, -0.05) is 39.3 Å². The van der Waals surface area contributed by atoms with E-state index >= 15 is 0 Å². The Morgan fingerprint density at radius 1 is 1.16 bits per heavy atom. The number of nitrogens with one attached hydrogen (secondary N) is 1. The first kappa shape index (κ1) is 16.0. The molecule has 19 heavy (non-hydrogen) atoms. The van der Waals surface area contributed by atoms with E-state index in [-0.39, 0.29) is 0 Å². The van der Waals surface area contributed by atoms with Crippen LogP contribution in [0.15, 0.2) is 24.3 Å². The van der Waals surface area contributed by atoms with Gasteiger partial charge in [0.15, 0.2) is 0 Å². The van der Waals surface area contributed by atoms with Gasteiger partial charge in [-0.25, -0.2) is 0 Å². The SMILES string of the molecule is CCNCC(Cc1ccc(OC)cc1)CC(C)CC. The van der Waals surface area contributed by atoms with Crippen molar-refractivity contribution < 1.29 is 4.74 Å². The lowest BCUT2D eigenvalue weighted by molar-refractivity contribution is 0.365. The number of rotatable bonds is 9. The molecule has 2 atom stereocenters. The quantitative estimate of drug-likeness (QED) is 0.729. The molecule has 1 N–H and O–H groups in total. The average molecular weight is 263 g/mol. The standard InChI is InChI=1S/C17H29NO/c1-5-14(3)11-16(13-18-6-2)12-15-7-9-17(19-4)10-8-15/h7-10,14,16,18H,5-6,11-13H2,1-4H3. The van der Waals surface area contributed by atoms with Crippen LogP contribution in [0, 0.1) is 11.8 Å². The van der Waals surface area contributed by atoms with Gasteiger partial charge in [-0.2, -0.15) is 0 Å². The van der Waals surface area contributed by atoms with Crippen molar-refractivity contribution in [2.75, 3.05) is 20.2 Å². The summed E-state index contributed by atoms with van der Waals surface area (Å²) in [4.78, 5) is 0. The van der Waals surface area contributed by atoms with Crippen LogP contribution in [0.25, 0.3) is 0 Å². The van der Waals surface area contributed by atoms with Gasteiger partial charge in [-0.05, 0) is 55.5 Å². The van der Waals surface area contributed by atoms with Gasteiger partial charge in [0.05, 0.1) is 7.11 Å². The summed E-state index contributed by atoms with van der Waals surface area (Å²) in [5.74, 6) is 2.47. The second-order valence-corrected chi connectivity index (χ2v) is 5.48. The summed E-state index contributed by atoms with van der Waals surface area (Å²) in [6.45, 7) is 8.98. The second kappa shape index (κ2) is 8.98. The maximum Gasteiger partial charge on any atom is 0.118 e. The molecule has 1 aromatic carbocycles. The zero-order chi connectivity index (χ0) is 14.1. The highest BCUT2D eigenvalue weighted by Crippen LogP contribution is 2.20. The molecule has 1 aromatic rings. The lowest BCUT2D eigenvalue weighted by Crippen LogP contribution is -2.25. The number of benzene rings is 1. The Bertz CT molecular complexity index is 334. The Kier molecular flexibility index (Phi) is 7.57. The Morgan fingerprint density at radius 3 is 2.37 bits per heavy atom.